The first-order valence-electron chi connectivity index (χ1n) is 2.61. The maximum atomic E-state index is 10.6. The zero-order valence-electron chi connectivity index (χ0n) is 6.21. The van der Waals surface area contributed by atoms with Gasteiger partial charge in [0.2, 0.25) is 0 Å². The highest BCUT2D eigenvalue weighted by Crippen LogP contribution is 1.90. The predicted octanol–water partition coefficient (Wildman–Crippen LogP) is -0.127. The van der Waals surface area contributed by atoms with Gasteiger partial charge in [0.25, 0.3) is 5.91 Å². The van der Waals surface area contributed by atoms with Gasteiger partial charge in [0, 0.05) is 21.0 Å². The summed E-state index contributed by atoms with van der Waals surface area (Å²) in [6, 6.07) is 0. The van der Waals surface area contributed by atoms with Crippen molar-refractivity contribution in [3.63, 3.8) is 0 Å². The Kier molecular flexibility index (Phi) is 3.19. The van der Waals surface area contributed by atoms with Crippen molar-refractivity contribution in [2.75, 3.05) is 21.2 Å². The first kappa shape index (κ1) is 8.39. The van der Waals surface area contributed by atoms with Gasteiger partial charge < -0.3 is 0 Å². The maximum Gasteiger partial charge on any atom is 0.258 e. The molecule has 0 N–H and O–H groups in total. The van der Waals surface area contributed by atoms with Gasteiger partial charge in [0.05, 0.1) is 7.11 Å². The molecule has 0 atom stereocenters. The van der Waals surface area contributed by atoms with E-state index in [1.54, 1.807) is 19.1 Å². The molecule has 0 fully saturated rings. The summed E-state index contributed by atoms with van der Waals surface area (Å²) in [6.45, 7) is 1.43. The lowest BCUT2D eigenvalue weighted by Gasteiger charge is -2.23. The maximum absolute atomic E-state index is 10.6. The minimum Gasteiger partial charge on any atom is -0.271 e. The minimum atomic E-state index is -0.137. The molecular weight excluding hydrogens is 120 g/mol. The Morgan fingerprint density at radius 1 is 1.44 bits per heavy atom. The van der Waals surface area contributed by atoms with E-state index in [1.165, 1.54) is 14.0 Å². The van der Waals surface area contributed by atoms with Crippen molar-refractivity contribution in [1.29, 1.82) is 0 Å². The van der Waals surface area contributed by atoms with Crippen LogP contribution < -0.4 is 0 Å². The van der Waals surface area contributed by atoms with Gasteiger partial charge in [-0.1, -0.05) is 0 Å². The zero-order valence-corrected chi connectivity index (χ0v) is 6.21. The second-order valence-electron chi connectivity index (χ2n) is 1.82. The number of hydrogen-bond acceptors (Lipinski definition) is 3. The molecule has 4 nitrogen and oxygen atoms in total. The molecule has 4 heteroatoms. The van der Waals surface area contributed by atoms with Crippen LogP contribution in [0.1, 0.15) is 6.92 Å². The van der Waals surface area contributed by atoms with Crippen molar-refractivity contribution in [1.82, 2.24) is 10.2 Å². The van der Waals surface area contributed by atoms with Crippen LogP contribution in [-0.2, 0) is 9.63 Å². The van der Waals surface area contributed by atoms with Crippen LogP contribution in [0.15, 0.2) is 0 Å². The lowest BCUT2D eigenvalue weighted by molar-refractivity contribution is -0.238. The molecule has 0 saturated carbocycles. The summed E-state index contributed by atoms with van der Waals surface area (Å²) < 4.78 is 0. The lowest BCUT2D eigenvalue weighted by atomic mass is 10.7. The third kappa shape index (κ3) is 2.43. The molecule has 0 radical (unpaired) electrons. The fraction of sp³-hybridized carbons (Fsp3) is 0.800. The average Bonchev–Trinajstić information content (AvgIpc) is 1.64. The van der Waals surface area contributed by atoms with Crippen molar-refractivity contribution < 1.29 is 9.63 Å². The number of rotatable bonds is 2. The van der Waals surface area contributed by atoms with Crippen LogP contribution in [0.5, 0.6) is 0 Å². The first-order chi connectivity index (χ1) is 4.09. The summed E-state index contributed by atoms with van der Waals surface area (Å²) in [7, 11) is 4.90. The van der Waals surface area contributed by atoms with E-state index in [1.807, 2.05) is 0 Å². The van der Waals surface area contributed by atoms with Crippen molar-refractivity contribution in [2.45, 2.75) is 6.92 Å². The Morgan fingerprint density at radius 2 is 1.89 bits per heavy atom. The van der Waals surface area contributed by atoms with E-state index < -0.39 is 0 Å². The molecule has 0 rings (SSSR count). The fourth-order valence-corrected chi connectivity index (χ4v) is 0.574. The number of carbonyl (C=O) groups excluding carboxylic acids is 1. The molecule has 0 aromatic carbocycles. The molecule has 0 aliphatic rings. The van der Waals surface area contributed by atoms with Crippen molar-refractivity contribution >= 4 is 5.91 Å². The Bertz CT molecular complexity index is 103. The normalized spacial score (nSPS) is 9.89. The topological polar surface area (TPSA) is 32.8 Å². The van der Waals surface area contributed by atoms with E-state index >= 15 is 0 Å². The van der Waals surface area contributed by atoms with Crippen LogP contribution in [0, 0.1) is 0 Å². The van der Waals surface area contributed by atoms with Crippen LogP contribution in [0.3, 0.4) is 0 Å². The van der Waals surface area contributed by atoms with Gasteiger partial charge in [-0.25, -0.2) is 0 Å². The summed E-state index contributed by atoms with van der Waals surface area (Å²) >= 11 is 0. The SMILES string of the molecule is CON(C(C)=O)N(C)C. The molecule has 54 valence electrons. The third-order valence-electron chi connectivity index (χ3n) is 0.806. The van der Waals surface area contributed by atoms with E-state index in [0.717, 1.165) is 5.17 Å². The lowest BCUT2D eigenvalue weighted by Crippen LogP contribution is -2.39. The molecule has 0 spiro atoms. The number of carbonyl (C=O) groups is 1. The summed E-state index contributed by atoms with van der Waals surface area (Å²) in [6.07, 6.45) is 0. The highest BCUT2D eigenvalue weighted by atomic mass is 16.7. The highest BCUT2D eigenvalue weighted by Gasteiger charge is 2.07. The highest BCUT2D eigenvalue weighted by molar-refractivity contribution is 5.71. The van der Waals surface area contributed by atoms with Gasteiger partial charge >= 0.3 is 0 Å². The van der Waals surface area contributed by atoms with E-state index in [0.29, 0.717) is 0 Å². The molecular formula is C5H12N2O2. The standard InChI is InChI=1S/C5H12N2O2/c1-5(8)7(9-4)6(2)3/h1-4H3. The molecule has 0 aliphatic carbocycles. The van der Waals surface area contributed by atoms with E-state index in [9.17, 15) is 4.79 Å². The van der Waals surface area contributed by atoms with Crippen LogP contribution in [0.4, 0.5) is 0 Å². The van der Waals surface area contributed by atoms with Crippen molar-refractivity contribution in [3.05, 3.63) is 0 Å². The molecule has 0 aromatic rings. The summed E-state index contributed by atoms with van der Waals surface area (Å²) in [4.78, 5) is 15.3. The molecule has 0 saturated heterocycles. The Balaban J connectivity index is 3.83. The molecule has 0 aliphatic heterocycles. The largest absolute Gasteiger partial charge is 0.271 e. The molecule has 0 aromatic heterocycles. The Labute approximate surface area is 54.9 Å². The average molecular weight is 132 g/mol. The summed E-state index contributed by atoms with van der Waals surface area (Å²) in [5.74, 6) is -0.137. The number of hydrogen-bond donors (Lipinski definition) is 0. The van der Waals surface area contributed by atoms with Crippen LogP contribution >= 0.6 is 0 Å². The molecule has 0 heterocycles. The first-order valence-corrected chi connectivity index (χ1v) is 2.61. The van der Waals surface area contributed by atoms with Gasteiger partial charge in [-0.3, -0.25) is 9.63 Å². The Morgan fingerprint density at radius 3 is 1.89 bits per heavy atom. The van der Waals surface area contributed by atoms with Crippen LogP contribution in [0.2, 0.25) is 0 Å². The summed E-state index contributed by atoms with van der Waals surface area (Å²) in [5, 5.41) is 2.71. The second-order valence-corrected chi connectivity index (χ2v) is 1.82. The number of amides is 1. The van der Waals surface area contributed by atoms with Gasteiger partial charge in [-0.05, 0) is 0 Å². The Hall–Kier alpha value is -0.610. The van der Waals surface area contributed by atoms with Gasteiger partial charge in [-0.2, -0.15) is 5.01 Å². The molecule has 0 unspecified atom stereocenters. The predicted molar refractivity (Wildman–Crippen MR) is 33.2 cm³/mol. The van der Waals surface area contributed by atoms with Gasteiger partial charge in [-0.15, -0.1) is 5.17 Å². The minimum absolute atomic E-state index is 0.137. The van der Waals surface area contributed by atoms with E-state index in [4.69, 9.17) is 0 Å². The fourth-order valence-electron chi connectivity index (χ4n) is 0.574. The molecule has 1 amide bonds. The summed E-state index contributed by atoms with van der Waals surface area (Å²) in [5.41, 5.74) is 0. The second kappa shape index (κ2) is 3.42. The molecule has 0 bridgehead atoms. The molecule has 9 heavy (non-hydrogen) atoms. The van der Waals surface area contributed by atoms with Gasteiger partial charge in [0.15, 0.2) is 0 Å². The van der Waals surface area contributed by atoms with Gasteiger partial charge in [0.1, 0.15) is 0 Å². The number of nitrogens with zero attached hydrogens (tertiary/aromatic N) is 2. The zero-order chi connectivity index (χ0) is 7.44. The van der Waals surface area contributed by atoms with Crippen LogP contribution in [0.25, 0.3) is 0 Å². The monoisotopic (exact) mass is 132 g/mol. The van der Waals surface area contributed by atoms with E-state index in [-0.39, 0.29) is 5.91 Å². The van der Waals surface area contributed by atoms with Crippen molar-refractivity contribution in [3.8, 4) is 0 Å². The van der Waals surface area contributed by atoms with Crippen LogP contribution in [-0.4, -0.2) is 37.3 Å². The smallest absolute Gasteiger partial charge is 0.258 e. The third-order valence-corrected chi connectivity index (χ3v) is 0.806. The number of hydrazine groups is 1. The van der Waals surface area contributed by atoms with E-state index in [2.05, 4.69) is 4.84 Å². The quantitative estimate of drug-likeness (QED) is 0.491. The number of hydroxylamine groups is 1. The van der Waals surface area contributed by atoms with Crippen molar-refractivity contribution in [2.24, 2.45) is 0 Å².